The van der Waals surface area contributed by atoms with Crippen LogP contribution in [-0.4, -0.2) is 15.3 Å². The Bertz CT molecular complexity index is 832. The number of benzene rings is 2. The van der Waals surface area contributed by atoms with Crippen molar-refractivity contribution in [2.45, 2.75) is 0 Å². The predicted octanol–water partition coefficient (Wildman–Crippen LogP) is 2.06. The number of hydrogen-bond donors (Lipinski definition) is 3. The zero-order chi connectivity index (χ0) is 12.9. The first kappa shape index (κ1) is 10.5. The molecule has 2 aromatic carbocycles. The number of aromatic hydroxyl groups is 3. The summed E-state index contributed by atoms with van der Waals surface area (Å²) >= 11 is 0. The van der Waals surface area contributed by atoms with E-state index >= 15 is 0 Å². The third-order valence-corrected chi connectivity index (χ3v) is 2.82. The normalized spacial score (nSPS) is 11.1. The van der Waals surface area contributed by atoms with Crippen LogP contribution in [0.4, 0.5) is 0 Å². The third-order valence-electron chi connectivity index (χ3n) is 2.82. The molecule has 0 amide bonds. The van der Waals surface area contributed by atoms with Crippen molar-refractivity contribution in [1.29, 1.82) is 0 Å². The SMILES string of the molecule is O=c1oc2cc(O)ccc2c2ccc(O)c(O)c12. The van der Waals surface area contributed by atoms with Crippen LogP contribution in [0, 0.1) is 0 Å². The second kappa shape index (κ2) is 3.40. The number of phenols is 3. The summed E-state index contributed by atoms with van der Waals surface area (Å²) in [7, 11) is 0. The first-order valence-electron chi connectivity index (χ1n) is 5.18. The van der Waals surface area contributed by atoms with Gasteiger partial charge in [-0.05, 0) is 24.3 Å². The second-order valence-electron chi connectivity index (χ2n) is 3.93. The van der Waals surface area contributed by atoms with Gasteiger partial charge in [-0.25, -0.2) is 4.79 Å². The molecule has 0 saturated heterocycles. The monoisotopic (exact) mass is 244 g/mol. The van der Waals surface area contributed by atoms with E-state index in [1.165, 1.54) is 24.3 Å². The molecule has 1 aromatic heterocycles. The Morgan fingerprint density at radius 3 is 2.44 bits per heavy atom. The van der Waals surface area contributed by atoms with Crippen molar-refractivity contribution in [3.63, 3.8) is 0 Å². The molecule has 3 aromatic rings. The second-order valence-corrected chi connectivity index (χ2v) is 3.93. The van der Waals surface area contributed by atoms with E-state index in [0.29, 0.717) is 10.8 Å². The van der Waals surface area contributed by atoms with E-state index in [9.17, 15) is 20.1 Å². The van der Waals surface area contributed by atoms with Gasteiger partial charge in [0, 0.05) is 16.8 Å². The zero-order valence-corrected chi connectivity index (χ0v) is 9.04. The first-order valence-corrected chi connectivity index (χ1v) is 5.18. The molecule has 5 heteroatoms. The quantitative estimate of drug-likeness (QED) is 0.320. The van der Waals surface area contributed by atoms with Gasteiger partial charge in [-0.2, -0.15) is 0 Å². The van der Waals surface area contributed by atoms with Crippen molar-refractivity contribution in [1.82, 2.24) is 0 Å². The average Bonchev–Trinajstić information content (AvgIpc) is 2.32. The van der Waals surface area contributed by atoms with Crippen molar-refractivity contribution in [3.05, 3.63) is 40.8 Å². The molecule has 0 fully saturated rings. The molecular weight excluding hydrogens is 236 g/mol. The van der Waals surface area contributed by atoms with Crippen molar-refractivity contribution in [3.8, 4) is 17.2 Å². The molecule has 18 heavy (non-hydrogen) atoms. The standard InChI is InChI=1S/C13H8O5/c14-6-1-2-7-8-3-4-9(15)12(16)11(8)13(17)18-10(7)5-6/h1-5,14-16H. The Balaban J connectivity index is 2.64. The molecule has 90 valence electrons. The molecule has 0 spiro atoms. The summed E-state index contributed by atoms with van der Waals surface area (Å²) in [6.07, 6.45) is 0. The summed E-state index contributed by atoms with van der Waals surface area (Å²) in [4.78, 5) is 11.8. The summed E-state index contributed by atoms with van der Waals surface area (Å²) < 4.78 is 5.00. The lowest BCUT2D eigenvalue weighted by molar-refractivity contribution is 0.406. The minimum atomic E-state index is -0.767. The van der Waals surface area contributed by atoms with E-state index in [4.69, 9.17) is 4.42 Å². The number of phenolic OH excluding ortho intramolecular Hbond substituents is 3. The molecule has 3 N–H and O–H groups in total. The predicted molar refractivity (Wildman–Crippen MR) is 65.0 cm³/mol. The summed E-state index contributed by atoms with van der Waals surface area (Å²) in [6.45, 7) is 0. The summed E-state index contributed by atoms with van der Waals surface area (Å²) in [5.41, 5.74) is -0.547. The molecule has 0 aliphatic heterocycles. The van der Waals surface area contributed by atoms with Crippen molar-refractivity contribution >= 4 is 21.7 Å². The highest BCUT2D eigenvalue weighted by atomic mass is 16.4. The average molecular weight is 244 g/mol. The molecule has 0 aliphatic carbocycles. The van der Waals surface area contributed by atoms with Crippen molar-refractivity contribution in [2.24, 2.45) is 0 Å². The largest absolute Gasteiger partial charge is 0.508 e. The van der Waals surface area contributed by atoms with E-state index < -0.39 is 11.4 Å². The van der Waals surface area contributed by atoms with Gasteiger partial charge in [-0.1, -0.05) is 0 Å². The molecule has 3 rings (SSSR count). The molecule has 0 saturated carbocycles. The maximum absolute atomic E-state index is 11.8. The van der Waals surface area contributed by atoms with Crippen molar-refractivity contribution in [2.75, 3.05) is 0 Å². The molecule has 0 unspecified atom stereocenters. The fourth-order valence-electron chi connectivity index (χ4n) is 1.98. The highest BCUT2D eigenvalue weighted by Crippen LogP contribution is 2.35. The molecule has 0 bridgehead atoms. The lowest BCUT2D eigenvalue weighted by atomic mass is 10.1. The Hall–Kier alpha value is -2.69. The molecule has 0 atom stereocenters. The van der Waals surface area contributed by atoms with Crippen LogP contribution in [0.2, 0.25) is 0 Å². The van der Waals surface area contributed by atoms with Gasteiger partial charge in [-0.3, -0.25) is 0 Å². The summed E-state index contributed by atoms with van der Waals surface area (Å²) in [5, 5.41) is 29.4. The van der Waals surface area contributed by atoms with Gasteiger partial charge in [0.25, 0.3) is 0 Å². The summed E-state index contributed by atoms with van der Waals surface area (Å²) in [5.74, 6) is -0.905. The lowest BCUT2D eigenvalue weighted by Gasteiger charge is -2.05. The topological polar surface area (TPSA) is 90.9 Å². The lowest BCUT2D eigenvalue weighted by Crippen LogP contribution is -2.00. The third kappa shape index (κ3) is 1.31. The van der Waals surface area contributed by atoms with Crippen molar-refractivity contribution < 1.29 is 19.7 Å². The molecule has 5 nitrogen and oxygen atoms in total. The zero-order valence-electron chi connectivity index (χ0n) is 9.04. The minimum absolute atomic E-state index is 0.0204. The van der Waals surface area contributed by atoms with Gasteiger partial charge in [0.1, 0.15) is 16.7 Å². The van der Waals surface area contributed by atoms with Crippen LogP contribution in [-0.2, 0) is 0 Å². The van der Waals surface area contributed by atoms with Crippen LogP contribution < -0.4 is 5.63 Å². The van der Waals surface area contributed by atoms with E-state index in [2.05, 4.69) is 0 Å². The van der Waals surface area contributed by atoms with E-state index in [1.807, 2.05) is 0 Å². The van der Waals surface area contributed by atoms with Gasteiger partial charge in [0.05, 0.1) is 0 Å². The van der Waals surface area contributed by atoms with E-state index in [0.717, 1.165) is 0 Å². The van der Waals surface area contributed by atoms with Crippen LogP contribution in [0.5, 0.6) is 17.2 Å². The highest BCUT2D eigenvalue weighted by molar-refractivity contribution is 6.07. The number of rotatable bonds is 0. The Kier molecular flexibility index (Phi) is 1.98. The van der Waals surface area contributed by atoms with Gasteiger partial charge in [-0.15, -0.1) is 0 Å². The fourth-order valence-corrected chi connectivity index (χ4v) is 1.98. The number of hydrogen-bond acceptors (Lipinski definition) is 5. The molecule has 0 radical (unpaired) electrons. The van der Waals surface area contributed by atoms with E-state index in [-0.39, 0.29) is 22.5 Å². The van der Waals surface area contributed by atoms with Gasteiger partial charge in [0.2, 0.25) is 0 Å². The molecular formula is C13H8O5. The summed E-state index contributed by atoms with van der Waals surface area (Å²) in [6, 6.07) is 7.16. The van der Waals surface area contributed by atoms with Gasteiger partial charge >= 0.3 is 5.63 Å². The maximum atomic E-state index is 11.8. The Labute approximate surface area is 100 Å². The van der Waals surface area contributed by atoms with Crippen LogP contribution >= 0.6 is 0 Å². The van der Waals surface area contributed by atoms with Crippen LogP contribution in [0.15, 0.2) is 39.5 Å². The van der Waals surface area contributed by atoms with Crippen LogP contribution in [0.3, 0.4) is 0 Å². The molecule has 0 aliphatic rings. The maximum Gasteiger partial charge on any atom is 0.348 e. The Morgan fingerprint density at radius 2 is 1.67 bits per heavy atom. The molecule has 1 heterocycles. The Morgan fingerprint density at radius 1 is 0.944 bits per heavy atom. The fraction of sp³-hybridized carbons (Fsp3) is 0. The van der Waals surface area contributed by atoms with E-state index in [1.54, 1.807) is 6.07 Å². The first-order chi connectivity index (χ1) is 8.58. The smallest absolute Gasteiger partial charge is 0.348 e. The number of fused-ring (bicyclic) bond motifs is 3. The highest BCUT2D eigenvalue weighted by Gasteiger charge is 2.14. The van der Waals surface area contributed by atoms with Gasteiger partial charge in [0.15, 0.2) is 11.5 Å². The minimum Gasteiger partial charge on any atom is -0.508 e. The van der Waals surface area contributed by atoms with Gasteiger partial charge < -0.3 is 19.7 Å². The van der Waals surface area contributed by atoms with Crippen LogP contribution in [0.25, 0.3) is 21.7 Å². The van der Waals surface area contributed by atoms with Crippen LogP contribution in [0.1, 0.15) is 0 Å².